The predicted molar refractivity (Wildman–Crippen MR) is 131 cm³/mol. The van der Waals surface area contributed by atoms with Crippen molar-refractivity contribution in [3.8, 4) is 22.6 Å². The second-order valence-corrected chi connectivity index (χ2v) is 10.3. The smallest absolute Gasteiger partial charge is 0.135 e. The molecular weight excluding hydrogens is 422 g/mol. The molecule has 0 radical (unpaired) electrons. The number of benzene rings is 2. The van der Waals surface area contributed by atoms with Crippen LogP contribution in [0.25, 0.3) is 16.7 Å². The van der Waals surface area contributed by atoms with Crippen LogP contribution in [-0.4, -0.2) is 24.4 Å². The maximum absolute atomic E-state index is 10.4. The molecule has 32 heavy (non-hydrogen) atoms. The summed E-state index contributed by atoms with van der Waals surface area (Å²) < 4.78 is 12.6. The Morgan fingerprint density at radius 2 is 2.00 bits per heavy atom. The first-order chi connectivity index (χ1) is 15.3. The van der Waals surface area contributed by atoms with E-state index in [1.807, 2.05) is 6.07 Å². The van der Waals surface area contributed by atoms with Crippen molar-refractivity contribution in [2.75, 3.05) is 19.0 Å². The number of nitrogens with one attached hydrogen (secondary N) is 1. The molecule has 2 N–H and O–H groups in total. The number of rotatable bonds is 3. The van der Waals surface area contributed by atoms with Gasteiger partial charge < -0.3 is 19.9 Å². The maximum atomic E-state index is 10.4. The first-order valence-electron chi connectivity index (χ1n) is 11.2. The Bertz CT molecular complexity index is 1150. The van der Waals surface area contributed by atoms with Crippen molar-refractivity contribution in [2.45, 2.75) is 51.7 Å². The van der Waals surface area contributed by atoms with Gasteiger partial charge >= 0.3 is 0 Å². The minimum Gasteiger partial charge on any atom is -0.506 e. The molecule has 0 amide bonds. The van der Waals surface area contributed by atoms with Gasteiger partial charge in [-0.3, -0.25) is 0 Å². The summed E-state index contributed by atoms with van der Waals surface area (Å²) in [5, 5.41) is 14.4. The molecular formula is C27H30ClNO3. The van der Waals surface area contributed by atoms with Crippen LogP contribution in [-0.2, 0) is 4.74 Å². The molecule has 2 unspecified atom stereocenters. The Morgan fingerprint density at radius 1 is 1.19 bits per heavy atom. The van der Waals surface area contributed by atoms with Crippen LogP contribution >= 0.6 is 11.6 Å². The summed E-state index contributed by atoms with van der Waals surface area (Å²) in [6.07, 6.45) is 9.44. The molecule has 0 fully saturated rings. The highest BCUT2D eigenvalue weighted by molar-refractivity contribution is 6.35. The number of allylic oxidation sites excluding steroid dienone is 3. The van der Waals surface area contributed by atoms with E-state index in [0.717, 1.165) is 41.6 Å². The molecule has 5 heteroatoms. The molecule has 0 saturated heterocycles. The molecule has 1 aliphatic carbocycles. The summed E-state index contributed by atoms with van der Waals surface area (Å²) in [5.74, 6) is 0.774. The number of anilines is 1. The molecule has 2 atom stereocenters. The van der Waals surface area contributed by atoms with E-state index in [0.29, 0.717) is 17.4 Å². The molecule has 2 aliphatic heterocycles. The average Bonchev–Trinajstić information content (AvgIpc) is 2.75. The fourth-order valence-corrected chi connectivity index (χ4v) is 6.05. The van der Waals surface area contributed by atoms with Crippen LogP contribution in [0.4, 0.5) is 5.69 Å². The molecule has 4 nitrogen and oxygen atoms in total. The van der Waals surface area contributed by atoms with E-state index in [1.54, 1.807) is 13.2 Å². The largest absolute Gasteiger partial charge is 0.506 e. The highest BCUT2D eigenvalue weighted by Crippen LogP contribution is 2.58. The number of phenols is 1. The van der Waals surface area contributed by atoms with E-state index in [2.05, 4.69) is 56.4 Å². The summed E-state index contributed by atoms with van der Waals surface area (Å²) >= 11 is 6.64. The Labute approximate surface area is 194 Å². The number of hydrogen-bond acceptors (Lipinski definition) is 4. The topological polar surface area (TPSA) is 50.7 Å². The number of halogens is 1. The number of methoxy groups -OCH3 is 1. The van der Waals surface area contributed by atoms with E-state index < -0.39 is 0 Å². The van der Waals surface area contributed by atoms with Crippen LogP contribution in [0.3, 0.4) is 0 Å². The number of fused-ring (bicyclic) bond motifs is 5. The van der Waals surface area contributed by atoms with Gasteiger partial charge in [0.15, 0.2) is 0 Å². The third-order valence-corrected chi connectivity index (χ3v) is 7.40. The third kappa shape index (κ3) is 3.23. The van der Waals surface area contributed by atoms with Crippen molar-refractivity contribution in [3.05, 3.63) is 58.6 Å². The van der Waals surface area contributed by atoms with Crippen LogP contribution in [0, 0.1) is 5.41 Å². The fraction of sp³-hybridized carbons (Fsp3) is 0.407. The van der Waals surface area contributed by atoms with Gasteiger partial charge in [0, 0.05) is 34.9 Å². The third-order valence-electron chi connectivity index (χ3n) is 7.02. The normalized spacial score (nSPS) is 25.0. The van der Waals surface area contributed by atoms with Gasteiger partial charge in [-0.25, -0.2) is 0 Å². The molecule has 0 aromatic heterocycles. The average molecular weight is 452 g/mol. The lowest BCUT2D eigenvalue weighted by atomic mass is 9.67. The van der Waals surface area contributed by atoms with E-state index in [4.69, 9.17) is 21.1 Å². The van der Waals surface area contributed by atoms with Crippen molar-refractivity contribution in [3.63, 3.8) is 0 Å². The quantitative estimate of drug-likeness (QED) is 0.487. The number of hydrogen-bond donors (Lipinski definition) is 2. The standard InChI is InChI=1S/C27H30ClNO3/c1-16-14-26(2,3)29-18-9-8-17-22-20(11-10-19(30)24(22)28)32-25(23(17)21(16)18)27(15-31-4)12-6-5-7-13-27/h5-6,8-11,14,25,29-30H,7,12-13,15H2,1-4H3. The molecule has 2 aromatic rings. The molecule has 2 heterocycles. The van der Waals surface area contributed by atoms with Crippen molar-refractivity contribution < 1.29 is 14.6 Å². The number of aromatic hydroxyl groups is 1. The maximum Gasteiger partial charge on any atom is 0.135 e. The molecule has 168 valence electrons. The Hall–Kier alpha value is -2.43. The zero-order valence-corrected chi connectivity index (χ0v) is 19.8. The SMILES string of the molecule is COCC1(C2Oc3ccc(O)c(Cl)c3-c3ccc4c(c32)C(C)=CC(C)(C)N4)CC=CCC1. The van der Waals surface area contributed by atoms with E-state index in [-0.39, 0.29) is 22.8 Å². The molecule has 0 spiro atoms. The monoisotopic (exact) mass is 451 g/mol. The first-order valence-corrected chi connectivity index (χ1v) is 11.6. The lowest BCUT2D eigenvalue weighted by Crippen LogP contribution is -2.40. The minimum absolute atomic E-state index is 0.0647. The summed E-state index contributed by atoms with van der Waals surface area (Å²) in [5.41, 5.74) is 6.07. The zero-order valence-electron chi connectivity index (χ0n) is 19.1. The van der Waals surface area contributed by atoms with E-state index in [9.17, 15) is 5.11 Å². The Kier molecular flexibility index (Phi) is 5.06. The summed E-state index contributed by atoms with van der Waals surface area (Å²) in [6, 6.07) is 7.69. The van der Waals surface area contributed by atoms with Gasteiger partial charge in [-0.2, -0.15) is 0 Å². The summed E-state index contributed by atoms with van der Waals surface area (Å²) in [7, 11) is 1.77. The first kappa shape index (κ1) is 21.4. The highest BCUT2D eigenvalue weighted by atomic mass is 35.5. The van der Waals surface area contributed by atoms with Crippen molar-refractivity contribution in [1.29, 1.82) is 0 Å². The summed E-state index contributed by atoms with van der Waals surface area (Å²) in [6.45, 7) is 7.13. The molecule has 3 aliphatic rings. The van der Waals surface area contributed by atoms with Gasteiger partial charge in [0.25, 0.3) is 0 Å². The van der Waals surface area contributed by atoms with Crippen molar-refractivity contribution in [1.82, 2.24) is 0 Å². The van der Waals surface area contributed by atoms with E-state index >= 15 is 0 Å². The van der Waals surface area contributed by atoms with Crippen LogP contribution < -0.4 is 10.1 Å². The predicted octanol–water partition coefficient (Wildman–Crippen LogP) is 7.13. The van der Waals surface area contributed by atoms with Gasteiger partial charge in [-0.1, -0.05) is 35.9 Å². The fourth-order valence-electron chi connectivity index (χ4n) is 5.79. The van der Waals surface area contributed by atoms with Gasteiger partial charge in [-0.05, 0) is 69.4 Å². The van der Waals surface area contributed by atoms with Gasteiger partial charge in [-0.15, -0.1) is 0 Å². The number of phenolic OH excluding ortho intramolecular Hbond substituents is 1. The van der Waals surface area contributed by atoms with Gasteiger partial charge in [0.1, 0.15) is 17.6 Å². The minimum atomic E-state index is -0.197. The van der Waals surface area contributed by atoms with E-state index in [1.165, 1.54) is 11.1 Å². The second kappa shape index (κ2) is 7.57. The molecule has 0 saturated carbocycles. The van der Waals surface area contributed by atoms with Crippen molar-refractivity contribution in [2.24, 2.45) is 5.41 Å². The van der Waals surface area contributed by atoms with Gasteiger partial charge in [0.05, 0.1) is 17.2 Å². The second-order valence-electron chi connectivity index (χ2n) is 9.90. The molecule has 2 aromatic carbocycles. The van der Waals surface area contributed by atoms with Crippen molar-refractivity contribution >= 4 is 22.9 Å². The lowest BCUT2D eigenvalue weighted by molar-refractivity contribution is -0.0273. The van der Waals surface area contributed by atoms with Crippen LogP contribution in [0.1, 0.15) is 57.3 Å². The number of ether oxygens (including phenoxy) is 2. The Balaban J connectivity index is 1.82. The zero-order chi connectivity index (χ0) is 22.7. The van der Waals surface area contributed by atoms with Crippen LogP contribution in [0.5, 0.6) is 11.5 Å². The van der Waals surface area contributed by atoms with Crippen LogP contribution in [0.15, 0.2) is 42.5 Å². The van der Waals surface area contributed by atoms with Gasteiger partial charge in [0.2, 0.25) is 0 Å². The summed E-state index contributed by atoms with van der Waals surface area (Å²) in [4.78, 5) is 0. The van der Waals surface area contributed by atoms with Crippen LogP contribution in [0.2, 0.25) is 5.02 Å². The lowest BCUT2D eigenvalue weighted by Gasteiger charge is -2.46. The molecule has 5 rings (SSSR count). The highest BCUT2D eigenvalue weighted by Gasteiger charge is 2.47. The molecule has 0 bridgehead atoms. The Morgan fingerprint density at radius 3 is 2.72 bits per heavy atom.